The Labute approximate surface area is 140 Å². The molecule has 9 nitrogen and oxygen atoms in total. The second-order valence-corrected chi connectivity index (χ2v) is 5.50. The van der Waals surface area contributed by atoms with E-state index in [4.69, 9.17) is 9.47 Å². The van der Waals surface area contributed by atoms with Gasteiger partial charge >= 0.3 is 12.2 Å². The monoisotopic (exact) mass is 343 g/mol. The van der Waals surface area contributed by atoms with Crippen LogP contribution in [0.5, 0.6) is 0 Å². The fraction of sp³-hybridized carbons (Fsp3) is 0.600. The van der Waals surface area contributed by atoms with Crippen molar-refractivity contribution in [1.82, 2.24) is 15.5 Å². The lowest BCUT2D eigenvalue weighted by Crippen LogP contribution is -2.65. The summed E-state index contributed by atoms with van der Waals surface area (Å²) in [5.74, 6) is 0. The number of nitrogens with zero attached hydrogens (tertiary/aromatic N) is 1. The predicted octanol–water partition coefficient (Wildman–Crippen LogP) is -0.782. The number of carbonyl (C=O) groups is 2. The number of carbonyl (C=O) groups excluding carboxylic acids is 2. The van der Waals surface area contributed by atoms with Crippen molar-refractivity contribution in [1.29, 1.82) is 0 Å². The molecular formula is C15H25N3O6. The van der Waals surface area contributed by atoms with Crippen LogP contribution >= 0.6 is 0 Å². The second-order valence-electron chi connectivity index (χ2n) is 5.50. The third kappa shape index (κ3) is 6.99. The predicted molar refractivity (Wildman–Crippen MR) is 86.5 cm³/mol. The number of amides is 2. The Bertz CT molecular complexity index is 452. The van der Waals surface area contributed by atoms with E-state index in [0.29, 0.717) is 13.1 Å². The molecule has 0 unspecified atom stereocenters. The minimum absolute atomic E-state index is 0.00788. The molecule has 0 aromatic heterocycles. The molecule has 1 aliphatic heterocycles. The van der Waals surface area contributed by atoms with Crippen LogP contribution in [0.2, 0.25) is 0 Å². The van der Waals surface area contributed by atoms with E-state index in [-0.39, 0.29) is 32.8 Å². The fourth-order valence-corrected chi connectivity index (χ4v) is 2.01. The highest BCUT2D eigenvalue weighted by atomic mass is 16.6. The Morgan fingerprint density at radius 2 is 1.92 bits per heavy atom. The molecule has 1 atom stereocenters. The minimum atomic E-state index is -1.05. The molecule has 9 heteroatoms. The molecule has 24 heavy (non-hydrogen) atoms. The van der Waals surface area contributed by atoms with Crippen LogP contribution in [-0.2, 0) is 9.47 Å². The van der Waals surface area contributed by atoms with E-state index in [1.807, 2.05) is 0 Å². The molecule has 1 aliphatic rings. The maximum atomic E-state index is 12.0. The molecule has 1 fully saturated rings. The molecule has 0 saturated carbocycles. The molecule has 2 amide bonds. The molecule has 0 aromatic carbocycles. The Kier molecular flexibility index (Phi) is 8.24. The molecule has 0 aliphatic carbocycles. The second kappa shape index (κ2) is 9.91. The van der Waals surface area contributed by atoms with Gasteiger partial charge in [0.1, 0.15) is 18.8 Å². The van der Waals surface area contributed by atoms with Gasteiger partial charge in [-0.3, -0.25) is 0 Å². The van der Waals surface area contributed by atoms with Crippen LogP contribution in [0.15, 0.2) is 25.3 Å². The first-order chi connectivity index (χ1) is 11.4. The first kappa shape index (κ1) is 19.9. The summed E-state index contributed by atoms with van der Waals surface area (Å²) >= 11 is 0. The van der Waals surface area contributed by atoms with Crippen molar-refractivity contribution >= 4 is 12.2 Å². The van der Waals surface area contributed by atoms with Crippen LogP contribution < -0.4 is 10.6 Å². The fourth-order valence-electron chi connectivity index (χ4n) is 2.01. The lowest BCUT2D eigenvalue weighted by Gasteiger charge is -2.41. The zero-order valence-electron chi connectivity index (χ0n) is 13.6. The van der Waals surface area contributed by atoms with Gasteiger partial charge in [-0.15, -0.1) is 0 Å². The summed E-state index contributed by atoms with van der Waals surface area (Å²) in [6.07, 6.45) is 0.415. The molecule has 4 N–H and O–H groups in total. The standard InChI is InChI=1S/C15H25N3O6/c1-3-5-23-13(20)17-7-12(19)8-18(14(21)24-6-4-2)11-15(22)9-16-10-15/h3-4,12,16,19,22H,1-2,5-11H2,(H,17,20)/t12-/m0/s1. The number of hydrogen-bond donors (Lipinski definition) is 4. The zero-order chi connectivity index (χ0) is 18.0. The van der Waals surface area contributed by atoms with Crippen LogP contribution in [0.1, 0.15) is 0 Å². The summed E-state index contributed by atoms with van der Waals surface area (Å²) in [6, 6.07) is 0. The zero-order valence-corrected chi connectivity index (χ0v) is 13.6. The highest BCUT2D eigenvalue weighted by Gasteiger charge is 2.38. The Hall–Kier alpha value is -2.10. The SMILES string of the molecule is C=CCOC(=O)NC[C@H](O)CN(CC1(O)CNC1)C(=O)OCC=C. The molecule has 136 valence electrons. The molecular weight excluding hydrogens is 318 g/mol. The first-order valence-corrected chi connectivity index (χ1v) is 7.55. The maximum absolute atomic E-state index is 12.0. The summed E-state index contributed by atoms with van der Waals surface area (Å²) in [6.45, 7) is 7.42. The number of aliphatic hydroxyl groups is 2. The lowest BCUT2D eigenvalue weighted by atomic mass is 9.96. The third-order valence-corrected chi connectivity index (χ3v) is 3.22. The third-order valence-electron chi connectivity index (χ3n) is 3.22. The smallest absolute Gasteiger partial charge is 0.410 e. The number of aliphatic hydroxyl groups excluding tert-OH is 1. The largest absolute Gasteiger partial charge is 0.445 e. The molecule has 1 rings (SSSR count). The van der Waals surface area contributed by atoms with E-state index in [9.17, 15) is 19.8 Å². The van der Waals surface area contributed by atoms with Crippen molar-refractivity contribution in [2.24, 2.45) is 0 Å². The van der Waals surface area contributed by atoms with Crippen LogP contribution in [-0.4, -0.2) is 84.9 Å². The lowest BCUT2D eigenvalue weighted by molar-refractivity contribution is -0.0424. The van der Waals surface area contributed by atoms with Crippen LogP contribution in [0, 0.1) is 0 Å². The minimum Gasteiger partial charge on any atom is -0.445 e. The number of alkyl carbamates (subject to hydrolysis) is 1. The number of ether oxygens (including phenoxy) is 2. The highest BCUT2D eigenvalue weighted by Crippen LogP contribution is 2.14. The number of β-amino-alcohol motifs (C(OH)–C–C–N with tert-alkyl or cyclic N) is 1. The summed E-state index contributed by atoms with van der Waals surface area (Å²) in [5.41, 5.74) is -1.05. The Morgan fingerprint density at radius 1 is 1.29 bits per heavy atom. The normalized spacial score (nSPS) is 16.2. The van der Waals surface area contributed by atoms with Crippen molar-refractivity contribution in [2.75, 3.05) is 45.9 Å². The highest BCUT2D eigenvalue weighted by molar-refractivity contribution is 5.68. The molecule has 0 radical (unpaired) electrons. The van der Waals surface area contributed by atoms with Crippen molar-refractivity contribution < 1.29 is 29.3 Å². The Morgan fingerprint density at radius 3 is 2.46 bits per heavy atom. The van der Waals surface area contributed by atoms with Crippen LogP contribution in [0.4, 0.5) is 9.59 Å². The molecule has 0 aromatic rings. The quantitative estimate of drug-likeness (QED) is 0.384. The van der Waals surface area contributed by atoms with Gasteiger partial charge in [0.15, 0.2) is 0 Å². The maximum Gasteiger partial charge on any atom is 0.410 e. The van der Waals surface area contributed by atoms with Crippen molar-refractivity contribution in [3.05, 3.63) is 25.3 Å². The van der Waals surface area contributed by atoms with Gasteiger partial charge in [0.25, 0.3) is 0 Å². The van der Waals surface area contributed by atoms with Gasteiger partial charge in [0, 0.05) is 19.6 Å². The number of nitrogens with one attached hydrogen (secondary N) is 2. The van der Waals surface area contributed by atoms with Crippen LogP contribution in [0.25, 0.3) is 0 Å². The van der Waals surface area contributed by atoms with E-state index >= 15 is 0 Å². The van der Waals surface area contributed by atoms with Crippen molar-refractivity contribution in [3.63, 3.8) is 0 Å². The van der Waals surface area contributed by atoms with Gasteiger partial charge < -0.3 is 35.2 Å². The van der Waals surface area contributed by atoms with E-state index in [2.05, 4.69) is 23.8 Å². The van der Waals surface area contributed by atoms with Gasteiger partial charge in [0.2, 0.25) is 0 Å². The van der Waals surface area contributed by atoms with Gasteiger partial charge in [-0.2, -0.15) is 0 Å². The summed E-state index contributed by atoms with van der Waals surface area (Å²) in [4.78, 5) is 24.5. The molecule has 1 saturated heterocycles. The molecule has 0 bridgehead atoms. The summed E-state index contributed by atoms with van der Waals surface area (Å²) < 4.78 is 9.66. The van der Waals surface area contributed by atoms with Gasteiger partial charge in [0.05, 0.1) is 19.2 Å². The van der Waals surface area contributed by atoms with Crippen molar-refractivity contribution in [3.8, 4) is 0 Å². The molecule has 0 spiro atoms. The average Bonchev–Trinajstić information content (AvgIpc) is 2.53. The number of hydrogen-bond acceptors (Lipinski definition) is 7. The molecule has 1 heterocycles. The summed E-state index contributed by atoms with van der Waals surface area (Å²) in [5, 5.41) is 25.4. The van der Waals surface area contributed by atoms with E-state index in [0.717, 1.165) is 0 Å². The first-order valence-electron chi connectivity index (χ1n) is 7.55. The Balaban J connectivity index is 2.49. The summed E-state index contributed by atoms with van der Waals surface area (Å²) in [7, 11) is 0. The van der Waals surface area contributed by atoms with E-state index < -0.39 is 23.9 Å². The van der Waals surface area contributed by atoms with E-state index in [1.165, 1.54) is 17.1 Å². The topological polar surface area (TPSA) is 120 Å². The van der Waals surface area contributed by atoms with Crippen molar-refractivity contribution in [2.45, 2.75) is 11.7 Å². The van der Waals surface area contributed by atoms with Crippen LogP contribution in [0.3, 0.4) is 0 Å². The van der Waals surface area contributed by atoms with Gasteiger partial charge in [-0.05, 0) is 0 Å². The van der Waals surface area contributed by atoms with Gasteiger partial charge in [-0.25, -0.2) is 9.59 Å². The van der Waals surface area contributed by atoms with Gasteiger partial charge in [-0.1, -0.05) is 25.3 Å². The van der Waals surface area contributed by atoms with E-state index in [1.54, 1.807) is 0 Å². The average molecular weight is 343 g/mol. The number of rotatable bonds is 10.